The van der Waals surface area contributed by atoms with Gasteiger partial charge in [0.05, 0.1) is 18.2 Å². The molecule has 0 fully saturated rings. The largest absolute Gasteiger partial charge is 0.475 e. The molecule has 10 heteroatoms. The number of carbonyl (C=O) groups excluding carboxylic acids is 2. The molecular weight excluding hydrogens is 495 g/mol. The molecule has 2 amide bonds. The molecule has 3 aromatic rings. The van der Waals surface area contributed by atoms with E-state index in [4.69, 9.17) is 4.84 Å². The highest BCUT2D eigenvalue weighted by molar-refractivity contribution is 6.43. The Balaban J connectivity index is 1.49. The highest BCUT2D eigenvalue weighted by atomic mass is 16.7. The van der Waals surface area contributed by atoms with Crippen molar-refractivity contribution in [3.63, 3.8) is 0 Å². The number of nitrogens with one attached hydrogen (secondary N) is 2. The van der Waals surface area contributed by atoms with Crippen molar-refractivity contribution in [2.24, 2.45) is 11.1 Å². The highest BCUT2D eigenvalue weighted by Crippen LogP contribution is 2.30. The summed E-state index contributed by atoms with van der Waals surface area (Å²) in [6, 6.07) is 17.3. The van der Waals surface area contributed by atoms with E-state index in [1.165, 1.54) is 0 Å². The van der Waals surface area contributed by atoms with Crippen LogP contribution < -0.4 is 10.6 Å². The molecule has 1 aliphatic heterocycles. The van der Waals surface area contributed by atoms with E-state index in [9.17, 15) is 19.6 Å². The maximum Gasteiger partial charge on any atom is 0.475 e. The first kappa shape index (κ1) is 28.4. The van der Waals surface area contributed by atoms with E-state index in [2.05, 4.69) is 34.2 Å². The first-order chi connectivity index (χ1) is 18.6. The van der Waals surface area contributed by atoms with Crippen LogP contribution in [-0.4, -0.2) is 57.3 Å². The SMILES string of the molecule is CC(C)CC(NC(=O)C1(Cc2ccccc2)CC(CNC(=O)c2cccc3c2ccn3C(C)C)=NO1)B(O)O. The van der Waals surface area contributed by atoms with Gasteiger partial charge in [-0.25, -0.2) is 0 Å². The zero-order valence-corrected chi connectivity index (χ0v) is 22.9. The number of carbonyl (C=O) groups is 2. The summed E-state index contributed by atoms with van der Waals surface area (Å²) in [7, 11) is -1.71. The third-order valence-electron chi connectivity index (χ3n) is 7.00. The Hall–Kier alpha value is -3.63. The van der Waals surface area contributed by atoms with Crippen molar-refractivity contribution < 1.29 is 24.5 Å². The number of rotatable bonds is 11. The Bertz CT molecular complexity index is 1340. The molecular formula is C29H37BN4O5. The van der Waals surface area contributed by atoms with Crippen LogP contribution in [0, 0.1) is 5.92 Å². The molecule has 9 nitrogen and oxygen atoms in total. The van der Waals surface area contributed by atoms with Crippen LogP contribution in [0.3, 0.4) is 0 Å². The monoisotopic (exact) mass is 532 g/mol. The molecule has 4 rings (SSSR count). The summed E-state index contributed by atoms with van der Waals surface area (Å²) < 4.78 is 2.12. The predicted molar refractivity (Wildman–Crippen MR) is 152 cm³/mol. The van der Waals surface area contributed by atoms with Crippen molar-refractivity contribution in [3.05, 3.63) is 71.9 Å². The molecule has 1 aromatic heterocycles. The van der Waals surface area contributed by atoms with Gasteiger partial charge in [0.2, 0.25) is 5.60 Å². The van der Waals surface area contributed by atoms with Crippen molar-refractivity contribution in [1.29, 1.82) is 0 Å². The van der Waals surface area contributed by atoms with E-state index < -0.39 is 24.6 Å². The summed E-state index contributed by atoms with van der Waals surface area (Å²) in [4.78, 5) is 32.5. The third kappa shape index (κ3) is 6.51. The highest BCUT2D eigenvalue weighted by Gasteiger charge is 2.48. The van der Waals surface area contributed by atoms with E-state index >= 15 is 0 Å². The zero-order valence-electron chi connectivity index (χ0n) is 22.9. The van der Waals surface area contributed by atoms with Crippen LogP contribution >= 0.6 is 0 Å². The molecule has 4 N–H and O–H groups in total. The lowest BCUT2D eigenvalue weighted by atomic mass is 9.74. The molecule has 0 saturated carbocycles. The van der Waals surface area contributed by atoms with Gasteiger partial charge < -0.3 is 30.1 Å². The maximum atomic E-state index is 13.6. The lowest BCUT2D eigenvalue weighted by molar-refractivity contribution is -0.144. The molecule has 2 aromatic carbocycles. The van der Waals surface area contributed by atoms with Crippen LogP contribution in [0.2, 0.25) is 0 Å². The Labute approximate surface area is 229 Å². The predicted octanol–water partition coefficient (Wildman–Crippen LogP) is 3.25. The van der Waals surface area contributed by atoms with E-state index in [1.54, 1.807) is 6.07 Å². The van der Waals surface area contributed by atoms with Crippen molar-refractivity contribution in [2.45, 2.75) is 64.5 Å². The van der Waals surface area contributed by atoms with Crippen molar-refractivity contribution in [2.75, 3.05) is 6.54 Å². The second-order valence-electron chi connectivity index (χ2n) is 10.9. The van der Waals surface area contributed by atoms with Crippen LogP contribution in [0.4, 0.5) is 0 Å². The number of fused-ring (bicyclic) bond motifs is 1. The first-order valence-corrected chi connectivity index (χ1v) is 13.4. The summed E-state index contributed by atoms with van der Waals surface area (Å²) in [5, 5.41) is 30.5. The van der Waals surface area contributed by atoms with Crippen molar-refractivity contribution in [3.8, 4) is 0 Å². The second kappa shape index (κ2) is 12.0. The van der Waals surface area contributed by atoms with Gasteiger partial charge in [0.15, 0.2) is 0 Å². The van der Waals surface area contributed by atoms with Gasteiger partial charge in [-0.05, 0) is 49.9 Å². The van der Waals surface area contributed by atoms with E-state index in [0.717, 1.165) is 16.5 Å². The summed E-state index contributed by atoms with van der Waals surface area (Å²) in [5.41, 5.74) is 1.57. The number of oxime groups is 1. The fourth-order valence-corrected chi connectivity index (χ4v) is 5.04. The van der Waals surface area contributed by atoms with Gasteiger partial charge in [-0.3, -0.25) is 9.59 Å². The molecule has 2 atom stereocenters. The van der Waals surface area contributed by atoms with E-state index in [-0.39, 0.29) is 37.3 Å². The molecule has 0 saturated heterocycles. The fraction of sp³-hybridized carbons (Fsp3) is 0.414. The fourth-order valence-electron chi connectivity index (χ4n) is 5.04. The molecule has 2 heterocycles. The minimum atomic E-state index is -1.71. The van der Waals surface area contributed by atoms with E-state index in [1.807, 2.05) is 68.6 Å². The van der Waals surface area contributed by atoms with Gasteiger partial charge in [-0.2, -0.15) is 0 Å². The summed E-state index contributed by atoms with van der Waals surface area (Å²) in [5.74, 6) is -1.43. The maximum absolute atomic E-state index is 13.6. The number of aromatic nitrogens is 1. The molecule has 0 spiro atoms. The summed E-state index contributed by atoms with van der Waals surface area (Å²) >= 11 is 0. The van der Waals surface area contributed by atoms with Gasteiger partial charge in [0.1, 0.15) is 0 Å². The number of hydrogen-bond acceptors (Lipinski definition) is 6. The molecule has 0 radical (unpaired) electrons. The quantitative estimate of drug-likeness (QED) is 0.282. The third-order valence-corrected chi connectivity index (χ3v) is 7.00. The Kier molecular flexibility index (Phi) is 8.77. The average molecular weight is 532 g/mol. The first-order valence-electron chi connectivity index (χ1n) is 13.4. The van der Waals surface area contributed by atoms with Crippen molar-refractivity contribution >= 4 is 35.5 Å². The second-order valence-corrected chi connectivity index (χ2v) is 10.9. The number of amides is 2. The summed E-state index contributed by atoms with van der Waals surface area (Å²) in [6.45, 7) is 8.18. The number of nitrogens with zero attached hydrogens (tertiary/aromatic N) is 2. The van der Waals surface area contributed by atoms with Crippen LogP contribution in [0.1, 0.15) is 62.5 Å². The zero-order chi connectivity index (χ0) is 28.2. The van der Waals surface area contributed by atoms with Gasteiger partial charge in [0, 0.05) is 41.5 Å². The van der Waals surface area contributed by atoms with Gasteiger partial charge >= 0.3 is 7.12 Å². The number of benzene rings is 2. The molecule has 206 valence electrons. The minimum absolute atomic E-state index is 0.113. The lowest BCUT2D eigenvalue weighted by Crippen LogP contribution is -2.56. The molecule has 0 aliphatic carbocycles. The van der Waals surface area contributed by atoms with Crippen LogP contribution in [0.5, 0.6) is 0 Å². The van der Waals surface area contributed by atoms with Gasteiger partial charge in [-0.15, -0.1) is 0 Å². The van der Waals surface area contributed by atoms with Crippen LogP contribution in [0.15, 0.2) is 65.9 Å². The molecule has 1 aliphatic rings. The minimum Gasteiger partial charge on any atom is -0.426 e. The Morgan fingerprint density at radius 2 is 1.82 bits per heavy atom. The smallest absolute Gasteiger partial charge is 0.426 e. The van der Waals surface area contributed by atoms with E-state index in [0.29, 0.717) is 17.7 Å². The molecule has 39 heavy (non-hydrogen) atoms. The van der Waals surface area contributed by atoms with Gasteiger partial charge in [-0.1, -0.05) is 55.4 Å². The topological polar surface area (TPSA) is 125 Å². The lowest BCUT2D eigenvalue weighted by Gasteiger charge is -2.29. The standard InChI is InChI=1S/C29H37BN4O5/c1-19(2)15-26(30(37)38)32-28(36)29(16-21-9-6-5-7-10-21)17-22(33-39-29)18-31-27(35)24-11-8-12-25-23(24)13-14-34(25)20(3)4/h5-14,19-20,26,37-38H,15-18H2,1-4H3,(H,31,35)(H,32,36). The van der Waals surface area contributed by atoms with Gasteiger partial charge in [0.25, 0.3) is 11.8 Å². The Morgan fingerprint density at radius 1 is 1.08 bits per heavy atom. The Morgan fingerprint density at radius 3 is 2.49 bits per heavy atom. The molecule has 2 unspecified atom stereocenters. The number of hydrogen-bond donors (Lipinski definition) is 4. The molecule has 0 bridgehead atoms. The normalized spacial score (nSPS) is 17.7. The summed E-state index contributed by atoms with van der Waals surface area (Å²) in [6.07, 6.45) is 2.75. The average Bonchev–Trinajstić information content (AvgIpc) is 3.52. The van der Waals surface area contributed by atoms with Crippen LogP contribution in [-0.2, 0) is 16.1 Å². The van der Waals surface area contributed by atoms with Crippen LogP contribution in [0.25, 0.3) is 10.9 Å². The van der Waals surface area contributed by atoms with Crippen molar-refractivity contribution in [1.82, 2.24) is 15.2 Å².